The number of H-pyrrole nitrogens is 1. The molecule has 0 amide bonds. The molecule has 0 fully saturated rings. The summed E-state index contributed by atoms with van der Waals surface area (Å²) in [5.41, 5.74) is 4.39. The van der Waals surface area contributed by atoms with Crippen LogP contribution in [0.1, 0.15) is 42.3 Å². The van der Waals surface area contributed by atoms with E-state index in [1.807, 2.05) is 0 Å². The summed E-state index contributed by atoms with van der Waals surface area (Å²) < 4.78 is 0. The quantitative estimate of drug-likeness (QED) is 0.531. The number of aromatic amines is 1. The number of aromatic nitrogens is 4. The van der Waals surface area contributed by atoms with E-state index in [9.17, 15) is 0 Å². The van der Waals surface area contributed by atoms with Gasteiger partial charge < -0.3 is 0 Å². The summed E-state index contributed by atoms with van der Waals surface area (Å²) in [6.07, 6.45) is 0. The van der Waals surface area contributed by atoms with E-state index in [0.29, 0.717) is 16.8 Å². The molecule has 120 valence electrons. The van der Waals surface area contributed by atoms with E-state index in [1.165, 1.54) is 11.1 Å². The summed E-state index contributed by atoms with van der Waals surface area (Å²) >= 11 is 7.94. The first-order chi connectivity index (χ1) is 11.0. The van der Waals surface area contributed by atoms with Crippen LogP contribution in [0, 0.1) is 13.8 Å². The zero-order valence-electron chi connectivity index (χ0n) is 13.6. The van der Waals surface area contributed by atoms with Crippen LogP contribution in [0.5, 0.6) is 0 Å². The summed E-state index contributed by atoms with van der Waals surface area (Å²) in [6.45, 7) is 8.34. The topological polar surface area (TPSA) is 54.5 Å². The van der Waals surface area contributed by atoms with Gasteiger partial charge in [0.1, 0.15) is 11.0 Å². The highest BCUT2D eigenvalue weighted by Crippen LogP contribution is 2.29. The van der Waals surface area contributed by atoms with Crippen LogP contribution in [0.4, 0.5) is 0 Å². The molecule has 0 radical (unpaired) electrons. The van der Waals surface area contributed by atoms with Gasteiger partial charge in [-0.2, -0.15) is 0 Å². The maximum atomic E-state index is 6.38. The van der Waals surface area contributed by atoms with Crippen molar-refractivity contribution in [2.45, 2.75) is 44.5 Å². The Morgan fingerprint density at radius 1 is 1.22 bits per heavy atom. The molecule has 3 aromatic rings. The van der Waals surface area contributed by atoms with Crippen molar-refractivity contribution >= 4 is 34.3 Å². The number of rotatable bonds is 4. The highest BCUT2D eigenvalue weighted by molar-refractivity contribution is 7.98. The van der Waals surface area contributed by atoms with Gasteiger partial charge in [-0.25, -0.2) is 9.97 Å². The second-order valence-corrected chi connectivity index (χ2v) is 7.26. The largest absolute Gasteiger partial charge is 0.262 e. The zero-order valence-corrected chi connectivity index (χ0v) is 15.2. The van der Waals surface area contributed by atoms with Crippen LogP contribution in [0.2, 0.25) is 5.15 Å². The fraction of sp³-hybridized carbons (Fsp3) is 0.353. The van der Waals surface area contributed by atoms with E-state index >= 15 is 0 Å². The fourth-order valence-corrected chi connectivity index (χ4v) is 3.39. The zero-order chi connectivity index (χ0) is 16.6. The molecule has 0 bridgehead atoms. The average Bonchev–Trinajstić information content (AvgIpc) is 2.99. The van der Waals surface area contributed by atoms with Gasteiger partial charge in [-0.3, -0.25) is 5.10 Å². The smallest absolute Gasteiger partial charge is 0.208 e. The highest BCUT2D eigenvalue weighted by Gasteiger charge is 2.11. The van der Waals surface area contributed by atoms with Crippen LogP contribution in [0.3, 0.4) is 0 Å². The number of thioether (sulfide) groups is 1. The Labute approximate surface area is 145 Å². The maximum absolute atomic E-state index is 6.38. The van der Waals surface area contributed by atoms with E-state index in [1.54, 1.807) is 11.8 Å². The van der Waals surface area contributed by atoms with Crippen LogP contribution in [0.15, 0.2) is 23.4 Å². The van der Waals surface area contributed by atoms with E-state index < -0.39 is 0 Å². The number of nitrogens with one attached hydrogen (secondary N) is 1. The first-order valence-corrected chi connectivity index (χ1v) is 8.92. The molecule has 0 atom stereocenters. The molecule has 23 heavy (non-hydrogen) atoms. The Hall–Kier alpha value is -1.59. The molecule has 1 N–H and O–H groups in total. The standard InChI is InChI=1S/C17H19ClN4S/c1-9(2)16-20-17(22-21-16)23-8-13-7-12-6-5-10(3)11(4)14(12)19-15(13)18/h5-7,9H,8H2,1-4H3,(H,20,21,22). The Bertz CT molecular complexity index is 857. The highest BCUT2D eigenvalue weighted by atomic mass is 35.5. The van der Waals surface area contributed by atoms with E-state index in [4.69, 9.17) is 11.6 Å². The van der Waals surface area contributed by atoms with Gasteiger partial charge in [0.2, 0.25) is 5.16 Å². The summed E-state index contributed by atoms with van der Waals surface area (Å²) in [6, 6.07) is 6.33. The van der Waals surface area contributed by atoms with Gasteiger partial charge in [0.15, 0.2) is 0 Å². The minimum Gasteiger partial charge on any atom is -0.262 e. The van der Waals surface area contributed by atoms with Crippen LogP contribution in [0.25, 0.3) is 10.9 Å². The first kappa shape index (κ1) is 16.3. The van der Waals surface area contributed by atoms with Crippen molar-refractivity contribution < 1.29 is 0 Å². The maximum Gasteiger partial charge on any atom is 0.208 e. The predicted octanol–water partition coefficient (Wildman–Crippen LogP) is 5.04. The summed E-state index contributed by atoms with van der Waals surface area (Å²) in [7, 11) is 0. The fourth-order valence-electron chi connectivity index (χ4n) is 2.33. The third-order valence-corrected chi connectivity index (χ3v) is 5.15. The summed E-state index contributed by atoms with van der Waals surface area (Å²) in [5.74, 6) is 1.94. The molecule has 1 aromatic carbocycles. The molecule has 0 saturated carbocycles. The Morgan fingerprint density at radius 2 is 2.00 bits per heavy atom. The number of halogens is 1. The molecule has 0 unspecified atom stereocenters. The van der Waals surface area contributed by atoms with Crippen molar-refractivity contribution in [2.75, 3.05) is 0 Å². The molecule has 6 heteroatoms. The van der Waals surface area contributed by atoms with Crippen molar-refractivity contribution in [2.24, 2.45) is 0 Å². The Morgan fingerprint density at radius 3 is 2.70 bits per heavy atom. The van der Waals surface area contributed by atoms with Crippen molar-refractivity contribution in [3.8, 4) is 0 Å². The monoisotopic (exact) mass is 346 g/mol. The Kier molecular flexibility index (Phi) is 4.60. The van der Waals surface area contributed by atoms with E-state index in [0.717, 1.165) is 27.4 Å². The third kappa shape index (κ3) is 3.35. The van der Waals surface area contributed by atoms with Gasteiger partial charge in [-0.15, -0.1) is 5.10 Å². The minimum absolute atomic E-state index is 0.342. The van der Waals surface area contributed by atoms with Gasteiger partial charge in [0, 0.05) is 22.6 Å². The second-order valence-electron chi connectivity index (χ2n) is 5.96. The van der Waals surface area contributed by atoms with Crippen molar-refractivity contribution in [3.05, 3.63) is 45.9 Å². The van der Waals surface area contributed by atoms with Crippen molar-refractivity contribution in [1.82, 2.24) is 20.2 Å². The number of hydrogen-bond donors (Lipinski definition) is 1. The van der Waals surface area contributed by atoms with Gasteiger partial charge in [0.25, 0.3) is 0 Å². The predicted molar refractivity (Wildman–Crippen MR) is 96.3 cm³/mol. The number of fused-ring (bicyclic) bond motifs is 1. The average molecular weight is 347 g/mol. The number of benzene rings is 1. The molecule has 0 aliphatic carbocycles. The lowest BCUT2D eigenvalue weighted by Gasteiger charge is -2.08. The number of nitrogens with zero attached hydrogens (tertiary/aromatic N) is 3. The second kappa shape index (κ2) is 6.49. The number of hydrogen-bond acceptors (Lipinski definition) is 4. The molecule has 4 nitrogen and oxygen atoms in total. The normalized spacial score (nSPS) is 11.6. The lowest BCUT2D eigenvalue weighted by Crippen LogP contribution is -1.93. The van der Waals surface area contributed by atoms with Crippen molar-refractivity contribution in [3.63, 3.8) is 0 Å². The van der Waals surface area contributed by atoms with Crippen LogP contribution >= 0.6 is 23.4 Å². The summed E-state index contributed by atoms with van der Waals surface area (Å²) in [4.78, 5) is 9.06. The van der Waals surface area contributed by atoms with Crippen LogP contribution in [-0.2, 0) is 5.75 Å². The number of aryl methyl sites for hydroxylation is 2. The van der Waals surface area contributed by atoms with E-state index in [-0.39, 0.29) is 0 Å². The Balaban J connectivity index is 1.85. The third-order valence-electron chi connectivity index (χ3n) is 3.92. The van der Waals surface area contributed by atoms with Crippen LogP contribution in [-0.4, -0.2) is 20.2 Å². The van der Waals surface area contributed by atoms with Crippen LogP contribution < -0.4 is 0 Å². The molecule has 0 aliphatic rings. The molecule has 0 spiro atoms. The van der Waals surface area contributed by atoms with Gasteiger partial charge in [-0.1, -0.05) is 49.3 Å². The molecule has 2 heterocycles. The van der Waals surface area contributed by atoms with Gasteiger partial charge in [0.05, 0.1) is 5.52 Å². The molecular weight excluding hydrogens is 328 g/mol. The lowest BCUT2D eigenvalue weighted by molar-refractivity contribution is 0.780. The van der Waals surface area contributed by atoms with Gasteiger partial charge in [-0.05, 0) is 31.0 Å². The molecule has 2 aromatic heterocycles. The SMILES string of the molecule is Cc1ccc2cc(CSc3n[nH]c(C(C)C)n3)c(Cl)nc2c1C. The van der Waals surface area contributed by atoms with Gasteiger partial charge >= 0.3 is 0 Å². The molecule has 0 saturated heterocycles. The van der Waals surface area contributed by atoms with Crippen molar-refractivity contribution in [1.29, 1.82) is 0 Å². The van der Waals surface area contributed by atoms with E-state index in [2.05, 4.69) is 66.1 Å². The lowest BCUT2D eigenvalue weighted by atomic mass is 10.0. The molecular formula is C17H19ClN4S. The minimum atomic E-state index is 0.342. The number of pyridine rings is 1. The first-order valence-electron chi connectivity index (χ1n) is 7.56. The molecule has 3 rings (SSSR count). The molecule has 0 aliphatic heterocycles. The summed E-state index contributed by atoms with van der Waals surface area (Å²) in [5, 5.41) is 9.61.